The van der Waals surface area contributed by atoms with E-state index in [1.54, 1.807) is 0 Å². The van der Waals surface area contributed by atoms with Crippen LogP contribution in [0.5, 0.6) is 0 Å². The molecule has 0 radical (unpaired) electrons. The van der Waals surface area contributed by atoms with E-state index in [1.165, 1.54) is 37.3 Å². The summed E-state index contributed by atoms with van der Waals surface area (Å²) in [7, 11) is 0. The molecule has 94 valence electrons. The minimum absolute atomic E-state index is 0.181. The van der Waals surface area contributed by atoms with Crippen molar-refractivity contribution >= 4 is 31.9 Å². The number of alkyl halides is 1. The largest absolute Gasteiger partial charge is 0.206 e. The fraction of sp³-hybridized carbons (Fsp3) is 0.571. The van der Waals surface area contributed by atoms with Crippen molar-refractivity contribution in [2.75, 3.05) is 0 Å². The molecular formula is C14H17Br2F. The van der Waals surface area contributed by atoms with Gasteiger partial charge in [-0.2, -0.15) is 0 Å². The molecular weight excluding hydrogens is 347 g/mol. The van der Waals surface area contributed by atoms with E-state index in [-0.39, 0.29) is 5.82 Å². The lowest BCUT2D eigenvalue weighted by Crippen LogP contribution is -2.11. The molecule has 1 saturated carbocycles. The van der Waals surface area contributed by atoms with Crippen LogP contribution in [0.15, 0.2) is 22.7 Å². The first-order valence-electron chi connectivity index (χ1n) is 6.25. The molecule has 2 rings (SSSR count). The maximum atomic E-state index is 13.1. The number of halogens is 3. The highest BCUT2D eigenvalue weighted by molar-refractivity contribution is 9.10. The molecule has 1 aromatic rings. The van der Waals surface area contributed by atoms with Crippen molar-refractivity contribution in [3.05, 3.63) is 34.1 Å². The minimum atomic E-state index is -0.181. The van der Waals surface area contributed by atoms with Crippen molar-refractivity contribution in [3.63, 3.8) is 0 Å². The first kappa shape index (κ1) is 13.5. The Kier molecular flexibility index (Phi) is 5.04. The SMILES string of the molecule is Fc1ccc(CCC(Br)C2CCCC2)cc1Br. The maximum absolute atomic E-state index is 13.1. The summed E-state index contributed by atoms with van der Waals surface area (Å²) in [6, 6.07) is 5.32. The van der Waals surface area contributed by atoms with Gasteiger partial charge in [-0.1, -0.05) is 34.8 Å². The molecule has 1 aliphatic carbocycles. The van der Waals surface area contributed by atoms with Crippen molar-refractivity contribution in [1.29, 1.82) is 0 Å². The third kappa shape index (κ3) is 3.78. The van der Waals surface area contributed by atoms with E-state index in [0.717, 1.165) is 18.8 Å². The van der Waals surface area contributed by atoms with Gasteiger partial charge in [0.25, 0.3) is 0 Å². The number of benzene rings is 1. The van der Waals surface area contributed by atoms with Gasteiger partial charge >= 0.3 is 0 Å². The maximum Gasteiger partial charge on any atom is 0.137 e. The summed E-state index contributed by atoms with van der Waals surface area (Å²) in [6.07, 6.45) is 7.66. The zero-order valence-electron chi connectivity index (χ0n) is 9.76. The molecule has 0 amide bonds. The van der Waals surface area contributed by atoms with Gasteiger partial charge in [0.15, 0.2) is 0 Å². The second-order valence-corrected chi connectivity index (χ2v) is 6.88. The number of rotatable bonds is 4. The minimum Gasteiger partial charge on any atom is -0.206 e. The van der Waals surface area contributed by atoms with Crippen molar-refractivity contribution in [2.24, 2.45) is 5.92 Å². The van der Waals surface area contributed by atoms with Crippen molar-refractivity contribution < 1.29 is 4.39 Å². The fourth-order valence-corrected chi connectivity index (χ4v) is 3.74. The van der Waals surface area contributed by atoms with Crippen LogP contribution in [-0.4, -0.2) is 4.83 Å². The van der Waals surface area contributed by atoms with Gasteiger partial charge in [-0.15, -0.1) is 0 Å². The molecule has 1 aromatic carbocycles. The quantitative estimate of drug-likeness (QED) is 0.622. The smallest absolute Gasteiger partial charge is 0.137 e. The second kappa shape index (κ2) is 6.33. The van der Waals surface area contributed by atoms with E-state index >= 15 is 0 Å². The third-order valence-corrected chi connectivity index (χ3v) is 5.42. The molecule has 0 aromatic heterocycles. The molecule has 0 saturated heterocycles. The molecule has 0 N–H and O–H groups in total. The fourth-order valence-electron chi connectivity index (χ4n) is 2.55. The van der Waals surface area contributed by atoms with Crippen molar-refractivity contribution in [2.45, 2.75) is 43.4 Å². The Morgan fingerprint density at radius 1 is 1.29 bits per heavy atom. The molecule has 3 heteroatoms. The molecule has 0 nitrogen and oxygen atoms in total. The topological polar surface area (TPSA) is 0 Å². The Morgan fingerprint density at radius 2 is 2.00 bits per heavy atom. The number of aryl methyl sites for hydroxylation is 1. The summed E-state index contributed by atoms with van der Waals surface area (Å²) in [5.74, 6) is 0.666. The molecule has 0 bridgehead atoms. The van der Waals surface area contributed by atoms with Crippen LogP contribution in [-0.2, 0) is 6.42 Å². The summed E-state index contributed by atoms with van der Waals surface area (Å²) in [5, 5.41) is 0. The Hall–Kier alpha value is 0.110. The van der Waals surface area contributed by atoms with E-state index in [9.17, 15) is 4.39 Å². The van der Waals surface area contributed by atoms with E-state index in [0.29, 0.717) is 9.30 Å². The molecule has 1 atom stereocenters. The van der Waals surface area contributed by atoms with E-state index < -0.39 is 0 Å². The Labute approximate surface area is 119 Å². The highest BCUT2D eigenvalue weighted by Crippen LogP contribution is 2.33. The molecule has 0 aliphatic heterocycles. The zero-order valence-corrected chi connectivity index (χ0v) is 12.9. The van der Waals surface area contributed by atoms with Gasteiger partial charge < -0.3 is 0 Å². The van der Waals surface area contributed by atoms with Gasteiger partial charge in [-0.25, -0.2) is 4.39 Å². The molecule has 1 fully saturated rings. The summed E-state index contributed by atoms with van der Waals surface area (Å²) in [6.45, 7) is 0. The second-order valence-electron chi connectivity index (χ2n) is 4.85. The van der Waals surface area contributed by atoms with Crippen molar-refractivity contribution in [1.82, 2.24) is 0 Å². The van der Waals surface area contributed by atoms with Crippen LogP contribution in [0, 0.1) is 11.7 Å². The normalized spacial score (nSPS) is 18.5. The van der Waals surface area contributed by atoms with Gasteiger partial charge in [-0.3, -0.25) is 0 Å². The van der Waals surface area contributed by atoms with E-state index in [1.807, 2.05) is 12.1 Å². The standard InChI is InChI=1S/C14H17Br2F/c15-12(11-3-1-2-4-11)7-5-10-6-8-14(17)13(16)9-10/h6,8-9,11-12H,1-5,7H2. The van der Waals surface area contributed by atoms with Crippen LogP contribution in [0.1, 0.15) is 37.7 Å². The Bertz CT molecular complexity index is 372. The van der Waals surface area contributed by atoms with Gasteiger partial charge in [0, 0.05) is 4.83 Å². The number of hydrogen-bond acceptors (Lipinski definition) is 0. The van der Waals surface area contributed by atoms with Crippen LogP contribution < -0.4 is 0 Å². The molecule has 0 spiro atoms. The first-order chi connectivity index (χ1) is 8.16. The van der Waals surface area contributed by atoms with Crippen LogP contribution in [0.4, 0.5) is 4.39 Å². The monoisotopic (exact) mass is 362 g/mol. The average molecular weight is 364 g/mol. The third-order valence-electron chi connectivity index (χ3n) is 3.60. The molecule has 1 aliphatic rings. The van der Waals surface area contributed by atoms with Gasteiger partial charge in [0.2, 0.25) is 0 Å². The van der Waals surface area contributed by atoms with Crippen LogP contribution >= 0.6 is 31.9 Å². The molecule has 0 heterocycles. The summed E-state index contributed by atoms with van der Waals surface area (Å²) in [5.41, 5.74) is 1.21. The Morgan fingerprint density at radius 3 is 2.65 bits per heavy atom. The summed E-state index contributed by atoms with van der Waals surface area (Å²) in [4.78, 5) is 0.619. The lowest BCUT2D eigenvalue weighted by atomic mass is 9.98. The zero-order chi connectivity index (χ0) is 12.3. The Balaban J connectivity index is 1.86. The predicted molar refractivity (Wildman–Crippen MR) is 77.1 cm³/mol. The first-order valence-corrected chi connectivity index (χ1v) is 7.95. The lowest BCUT2D eigenvalue weighted by molar-refractivity contribution is 0.505. The number of hydrogen-bond donors (Lipinski definition) is 0. The van der Waals surface area contributed by atoms with Crippen LogP contribution in [0.25, 0.3) is 0 Å². The average Bonchev–Trinajstić information content (AvgIpc) is 2.84. The molecule has 1 unspecified atom stereocenters. The van der Waals surface area contributed by atoms with E-state index in [4.69, 9.17) is 0 Å². The van der Waals surface area contributed by atoms with Gasteiger partial charge in [-0.05, 0) is 65.2 Å². The summed E-state index contributed by atoms with van der Waals surface area (Å²) < 4.78 is 13.7. The highest BCUT2D eigenvalue weighted by atomic mass is 79.9. The van der Waals surface area contributed by atoms with Crippen LogP contribution in [0.2, 0.25) is 0 Å². The highest BCUT2D eigenvalue weighted by Gasteiger charge is 2.22. The van der Waals surface area contributed by atoms with Crippen LogP contribution in [0.3, 0.4) is 0 Å². The summed E-state index contributed by atoms with van der Waals surface area (Å²) >= 11 is 7.04. The van der Waals surface area contributed by atoms with Gasteiger partial charge in [0.05, 0.1) is 4.47 Å². The molecule has 17 heavy (non-hydrogen) atoms. The van der Waals surface area contributed by atoms with Gasteiger partial charge in [0.1, 0.15) is 5.82 Å². The predicted octanol–water partition coefficient (Wildman–Crippen LogP) is 5.47. The van der Waals surface area contributed by atoms with E-state index in [2.05, 4.69) is 31.9 Å². The van der Waals surface area contributed by atoms with Crippen molar-refractivity contribution in [3.8, 4) is 0 Å². The lowest BCUT2D eigenvalue weighted by Gasteiger charge is -2.16.